The number of pyridine rings is 1. The number of fused-ring (bicyclic) bond motifs is 1. The van der Waals surface area contributed by atoms with Gasteiger partial charge >= 0.3 is 0 Å². The van der Waals surface area contributed by atoms with Crippen molar-refractivity contribution in [2.75, 3.05) is 33.2 Å². The summed E-state index contributed by atoms with van der Waals surface area (Å²) in [7, 11) is 4.95. The molecule has 0 aliphatic carbocycles. The molecule has 0 spiro atoms. The number of methoxy groups -OCH3 is 2. The molecule has 1 unspecified atom stereocenters. The third kappa shape index (κ3) is 3.34. The van der Waals surface area contributed by atoms with Crippen molar-refractivity contribution in [2.24, 2.45) is 0 Å². The lowest BCUT2D eigenvalue weighted by Crippen LogP contribution is -2.13. The predicted molar refractivity (Wildman–Crippen MR) is 97.8 cm³/mol. The summed E-state index contributed by atoms with van der Waals surface area (Å²) in [5.41, 5.74) is 1.76. The molecule has 0 amide bonds. The normalized spacial score (nSPS) is 12.2. The number of hydrogen-bond acceptors (Lipinski definition) is 6. The lowest BCUT2D eigenvalue weighted by atomic mass is 10.3. The van der Waals surface area contributed by atoms with Crippen molar-refractivity contribution in [2.45, 2.75) is 10.9 Å². The van der Waals surface area contributed by atoms with Gasteiger partial charge in [-0.2, -0.15) is 0 Å². The molecule has 0 saturated heterocycles. The van der Waals surface area contributed by atoms with E-state index in [1.54, 1.807) is 37.2 Å². The number of rotatable bonds is 6. The summed E-state index contributed by atoms with van der Waals surface area (Å²) < 4.78 is 37.6. The second-order valence-corrected chi connectivity index (χ2v) is 7.11. The molecule has 1 N–H and O–H groups in total. The van der Waals surface area contributed by atoms with Crippen LogP contribution < -0.4 is 14.4 Å². The number of ether oxygens (including phenoxy) is 2. The minimum atomic E-state index is -1.59. The van der Waals surface area contributed by atoms with Crippen molar-refractivity contribution < 1.29 is 18.1 Å². The van der Waals surface area contributed by atoms with Gasteiger partial charge in [-0.05, 0) is 6.07 Å². The highest BCUT2D eigenvalue weighted by Gasteiger charge is 2.18. The van der Waals surface area contributed by atoms with Gasteiger partial charge in [0.05, 0.1) is 53.2 Å². The summed E-state index contributed by atoms with van der Waals surface area (Å²) in [6, 6.07) is 4.98. The van der Waals surface area contributed by atoms with E-state index in [2.05, 4.69) is 15.0 Å². The number of benzene rings is 1. The molecule has 0 bridgehead atoms. The van der Waals surface area contributed by atoms with E-state index >= 15 is 0 Å². The maximum Gasteiger partial charge on any atom is 0.197 e. The fourth-order valence-corrected chi connectivity index (χ4v) is 3.55. The smallest absolute Gasteiger partial charge is 0.197 e. The first-order valence-corrected chi connectivity index (χ1v) is 9.07. The molecule has 0 aliphatic rings. The molecule has 0 fully saturated rings. The van der Waals surface area contributed by atoms with Crippen molar-refractivity contribution in [3.63, 3.8) is 0 Å². The molecule has 2 aromatic heterocycles. The van der Waals surface area contributed by atoms with Gasteiger partial charge in [-0.25, -0.2) is 9.37 Å². The molecule has 138 valence electrons. The van der Waals surface area contributed by atoms with E-state index in [9.17, 15) is 8.60 Å². The van der Waals surface area contributed by atoms with Gasteiger partial charge in [0.15, 0.2) is 22.5 Å². The van der Waals surface area contributed by atoms with Gasteiger partial charge in [0.2, 0.25) is 0 Å². The third-order valence-electron chi connectivity index (χ3n) is 3.87. The number of anilines is 1. The number of H-pyrrole nitrogens is 1. The second-order valence-electron chi connectivity index (χ2n) is 5.74. The third-order valence-corrected chi connectivity index (χ3v) is 5.03. The highest BCUT2D eigenvalue weighted by molar-refractivity contribution is 7.84. The molecular formula is C17H19FN4O3S. The van der Waals surface area contributed by atoms with E-state index < -0.39 is 16.6 Å². The van der Waals surface area contributed by atoms with E-state index in [1.165, 1.54) is 20.4 Å². The Morgan fingerprint density at radius 1 is 1.23 bits per heavy atom. The first kappa shape index (κ1) is 18.1. The zero-order valence-electron chi connectivity index (χ0n) is 14.9. The summed E-state index contributed by atoms with van der Waals surface area (Å²) in [5.74, 6) is 0.495. The van der Waals surface area contributed by atoms with Gasteiger partial charge < -0.3 is 19.4 Å². The van der Waals surface area contributed by atoms with Crippen molar-refractivity contribution >= 4 is 27.5 Å². The van der Waals surface area contributed by atoms with E-state index in [4.69, 9.17) is 9.47 Å². The number of halogens is 1. The van der Waals surface area contributed by atoms with Crippen LogP contribution >= 0.6 is 0 Å². The van der Waals surface area contributed by atoms with Crippen LogP contribution in [0, 0.1) is 5.82 Å². The monoisotopic (exact) mass is 378 g/mol. The van der Waals surface area contributed by atoms with Crippen molar-refractivity contribution in [3.8, 4) is 11.5 Å². The summed E-state index contributed by atoms with van der Waals surface area (Å²) in [6.07, 6.45) is 1.50. The van der Waals surface area contributed by atoms with Crippen LogP contribution in [0.5, 0.6) is 11.5 Å². The molecule has 3 rings (SSSR count). The highest BCUT2D eigenvalue weighted by atomic mass is 32.2. The molecule has 2 heterocycles. The lowest BCUT2D eigenvalue weighted by molar-refractivity contribution is 0.356. The zero-order valence-corrected chi connectivity index (χ0v) is 15.7. The maximum atomic E-state index is 14.5. The van der Waals surface area contributed by atoms with Gasteiger partial charge in [-0.15, -0.1) is 0 Å². The van der Waals surface area contributed by atoms with Crippen LogP contribution in [0.4, 0.5) is 10.1 Å². The Labute approximate surface area is 152 Å². The van der Waals surface area contributed by atoms with Gasteiger partial charge in [0.25, 0.3) is 0 Å². The molecule has 26 heavy (non-hydrogen) atoms. The van der Waals surface area contributed by atoms with Crippen LogP contribution in [0.15, 0.2) is 29.6 Å². The number of aromatic amines is 1. The Bertz CT molecular complexity index is 933. The minimum absolute atomic E-state index is 0.0817. The van der Waals surface area contributed by atoms with Gasteiger partial charge in [0, 0.05) is 32.4 Å². The standard InChI is InChI=1S/C17H19FN4O3S/c1-22(2)13-5-6-19-12(16(13)18)9-26(23)17-20-10-7-14(24-3)15(25-4)8-11(10)21-17/h5-8H,9H2,1-4H3,(H,20,21). The maximum absolute atomic E-state index is 14.5. The molecule has 1 aromatic carbocycles. The Balaban J connectivity index is 1.92. The molecule has 7 nitrogen and oxygen atoms in total. The van der Waals surface area contributed by atoms with Crippen LogP contribution in [0.25, 0.3) is 11.0 Å². The number of imidazole rings is 1. The zero-order chi connectivity index (χ0) is 18.8. The second kappa shape index (κ2) is 7.28. The summed E-state index contributed by atoms with van der Waals surface area (Å²) in [4.78, 5) is 13.0. The highest BCUT2D eigenvalue weighted by Crippen LogP contribution is 2.31. The average Bonchev–Trinajstić information content (AvgIpc) is 3.04. The van der Waals surface area contributed by atoms with Gasteiger partial charge in [-0.3, -0.25) is 9.19 Å². The van der Waals surface area contributed by atoms with E-state index in [-0.39, 0.29) is 16.6 Å². The van der Waals surface area contributed by atoms with E-state index in [0.29, 0.717) is 28.2 Å². The Hall–Kier alpha value is -2.68. The van der Waals surface area contributed by atoms with Crippen LogP contribution in [-0.4, -0.2) is 47.5 Å². The van der Waals surface area contributed by atoms with E-state index in [1.807, 2.05) is 0 Å². The van der Waals surface area contributed by atoms with Crippen LogP contribution in [0.1, 0.15) is 5.69 Å². The van der Waals surface area contributed by atoms with E-state index in [0.717, 1.165) is 0 Å². The van der Waals surface area contributed by atoms with Crippen molar-refractivity contribution in [1.29, 1.82) is 0 Å². The molecule has 3 aromatic rings. The number of hydrogen-bond donors (Lipinski definition) is 1. The first-order chi connectivity index (χ1) is 12.4. The van der Waals surface area contributed by atoms with Gasteiger partial charge in [0.1, 0.15) is 0 Å². The van der Waals surface area contributed by atoms with Gasteiger partial charge in [-0.1, -0.05) is 0 Å². The summed E-state index contributed by atoms with van der Waals surface area (Å²) in [5, 5.41) is 0.242. The van der Waals surface area contributed by atoms with Crippen LogP contribution in [-0.2, 0) is 16.6 Å². The predicted octanol–water partition coefficient (Wildman–Crippen LogP) is 2.49. The van der Waals surface area contributed by atoms with Crippen LogP contribution in [0.2, 0.25) is 0 Å². The number of nitrogens with one attached hydrogen (secondary N) is 1. The lowest BCUT2D eigenvalue weighted by Gasteiger charge is -2.14. The number of aromatic nitrogens is 3. The molecule has 1 atom stereocenters. The van der Waals surface area contributed by atoms with Crippen molar-refractivity contribution in [1.82, 2.24) is 15.0 Å². The summed E-state index contributed by atoms with van der Waals surface area (Å²) >= 11 is 0. The fourth-order valence-electron chi connectivity index (χ4n) is 2.54. The van der Waals surface area contributed by atoms with Crippen LogP contribution in [0.3, 0.4) is 0 Å². The SMILES string of the molecule is COc1cc2nc(S(=O)Cc3nccc(N(C)C)c3F)[nH]c2cc1OC. The Morgan fingerprint density at radius 2 is 1.92 bits per heavy atom. The summed E-state index contributed by atoms with van der Waals surface area (Å²) in [6.45, 7) is 0. The molecular weight excluding hydrogens is 359 g/mol. The molecule has 9 heteroatoms. The minimum Gasteiger partial charge on any atom is -0.493 e. The Kier molecular flexibility index (Phi) is 5.08. The molecule has 0 aliphatic heterocycles. The largest absolute Gasteiger partial charge is 0.493 e. The fraction of sp³-hybridized carbons (Fsp3) is 0.294. The first-order valence-electron chi connectivity index (χ1n) is 7.75. The quantitative estimate of drug-likeness (QED) is 0.710. The topological polar surface area (TPSA) is 80.3 Å². The van der Waals surface area contributed by atoms with Crippen molar-refractivity contribution in [3.05, 3.63) is 35.9 Å². The number of nitrogens with zero attached hydrogens (tertiary/aromatic N) is 3. The molecule has 0 radical (unpaired) electrons. The Morgan fingerprint density at radius 3 is 2.58 bits per heavy atom. The molecule has 0 saturated carbocycles. The average molecular weight is 378 g/mol.